The average Bonchev–Trinajstić information content (AvgIpc) is 2.12. The van der Waals surface area contributed by atoms with E-state index in [1.807, 2.05) is 0 Å². The van der Waals surface area contributed by atoms with E-state index in [0.29, 0.717) is 0 Å². The molecule has 1 spiro atoms. The molecular weight excluding hydrogens is 144 g/mol. The zero-order chi connectivity index (χ0) is 8.28. The summed E-state index contributed by atoms with van der Waals surface area (Å²) in [6, 6.07) is 0. The fourth-order valence-corrected chi connectivity index (χ4v) is 2.79. The van der Waals surface area contributed by atoms with Gasteiger partial charge in [0.2, 0.25) is 0 Å². The van der Waals surface area contributed by atoms with Crippen molar-refractivity contribution in [3.05, 3.63) is 6.42 Å². The van der Waals surface area contributed by atoms with Gasteiger partial charge in [-0.1, -0.05) is 38.5 Å². The highest BCUT2D eigenvalue weighted by molar-refractivity contribution is 5.01. The van der Waals surface area contributed by atoms with Crippen LogP contribution in [-0.2, 0) is 0 Å². The summed E-state index contributed by atoms with van der Waals surface area (Å²) in [5.74, 6) is 0. The lowest BCUT2D eigenvalue weighted by atomic mass is 9.63. The Hall–Kier alpha value is 0. The molecule has 0 aromatic heterocycles. The lowest BCUT2D eigenvalue weighted by Crippen LogP contribution is -2.29. The van der Waals surface area contributed by atoms with Gasteiger partial charge in [0.05, 0.1) is 0 Å². The quantitative estimate of drug-likeness (QED) is 0.507. The van der Waals surface area contributed by atoms with Crippen molar-refractivity contribution in [1.29, 1.82) is 0 Å². The van der Waals surface area contributed by atoms with Crippen molar-refractivity contribution >= 4 is 0 Å². The van der Waals surface area contributed by atoms with E-state index in [1.54, 1.807) is 0 Å². The van der Waals surface area contributed by atoms with Crippen LogP contribution in [0.1, 0.15) is 64.2 Å². The van der Waals surface area contributed by atoms with Crippen LogP contribution in [0.5, 0.6) is 0 Å². The molecule has 2 saturated carbocycles. The highest BCUT2D eigenvalue weighted by atomic mass is 14.4. The van der Waals surface area contributed by atoms with Gasteiger partial charge in [-0.15, -0.1) is 0 Å². The topological polar surface area (TPSA) is 0 Å². The summed E-state index contributed by atoms with van der Waals surface area (Å²) in [6.07, 6.45) is 17.5. The van der Waals surface area contributed by atoms with Gasteiger partial charge in [0, 0.05) is 0 Å². The minimum Gasteiger partial charge on any atom is -0.0533 e. The molecule has 0 heterocycles. The molecule has 2 rings (SSSR count). The predicted molar refractivity (Wildman–Crippen MR) is 52.9 cm³/mol. The molecule has 0 saturated heterocycles. The normalized spacial score (nSPS) is 30.0. The maximum atomic E-state index is 2.61. The fourth-order valence-electron chi connectivity index (χ4n) is 2.79. The summed E-state index contributed by atoms with van der Waals surface area (Å²) >= 11 is 0. The first-order valence-corrected chi connectivity index (χ1v) is 5.76. The molecule has 0 unspecified atom stereocenters. The van der Waals surface area contributed by atoms with Crippen LogP contribution in [0.2, 0.25) is 0 Å². The lowest BCUT2D eigenvalue weighted by Gasteiger charge is -2.42. The molecule has 0 aliphatic heterocycles. The van der Waals surface area contributed by atoms with Crippen LogP contribution in [0.25, 0.3) is 0 Å². The Morgan fingerprint density at radius 3 is 1.58 bits per heavy atom. The second-order valence-electron chi connectivity index (χ2n) is 4.73. The van der Waals surface area contributed by atoms with Gasteiger partial charge in [-0.2, -0.15) is 0 Å². The summed E-state index contributed by atoms with van der Waals surface area (Å²) in [5, 5.41) is 0. The van der Waals surface area contributed by atoms with Crippen molar-refractivity contribution in [1.82, 2.24) is 0 Å². The molecule has 0 nitrogen and oxygen atoms in total. The van der Waals surface area contributed by atoms with Gasteiger partial charge in [0.25, 0.3) is 0 Å². The number of rotatable bonds is 0. The molecule has 0 aromatic rings. The van der Waals surface area contributed by atoms with Gasteiger partial charge in [0.15, 0.2) is 0 Å². The highest BCUT2D eigenvalue weighted by Gasteiger charge is 2.35. The molecule has 0 amide bonds. The van der Waals surface area contributed by atoms with Gasteiger partial charge in [-0.3, -0.25) is 0 Å². The second-order valence-corrected chi connectivity index (χ2v) is 4.73. The molecule has 69 valence electrons. The Bertz CT molecular complexity index is 121. The van der Waals surface area contributed by atoms with E-state index in [2.05, 4.69) is 6.42 Å². The number of hydrogen-bond acceptors (Lipinski definition) is 0. The Balaban J connectivity index is 1.85. The minimum absolute atomic E-state index is 0.740. The minimum atomic E-state index is 0.740. The third-order valence-electron chi connectivity index (χ3n) is 3.82. The molecule has 0 bridgehead atoms. The van der Waals surface area contributed by atoms with Crippen molar-refractivity contribution in [3.8, 4) is 0 Å². The average molecular weight is 165 g/mol. The fraction of sp³-hybridized carbons (Fsp3) is 0.917. The van der Waals surface area contributed by atoms with E-state index < -0.39 is 0 Å². The molecule has 2 fully saturated rings. The summed E-state index contributed by atoms with van der Waals surface area (Å²) in [7, 11) is 0. The van der Waals surface area contributed by atoms with Crippen molar-refractivity contribution in [2.75, 3.05) is 0 Å². The molecule has 12 heavy (non-hydrogen) atoms. The van der Waals surface area contributed by atoms with Crippen LogP contribution >= 0.6 is 0 Å². The zero-order valence-corrected chi connectivity index (χ0v) is 8.15. The molecule has 0 heteroatoms. The third kappa shape index (κ3) is 1.84. The van der Waals surface area contributed by atoms with Gasteiger partial charge < -0.3 is 0 Å². The molecule has 0 atom stereocenters. The summed E-state index contributed by atoms with van der Waals surface area (Å²) < 4.78 is 0. The van der Waals surface area contributed by atoms with Crippen LogP contribution in [-0.4, -0.2) is 0 Å². The maximum Gasteiger partial charge on any atom is -0.0266 e. The summed E-state index contributed by atoms with van der Waals surface area (Å²) in [6.45, 7) is 0. The van der Waals surface area contributed by atoms with Crippen LogP contribution in [0.15, 0.2) is 0 Å². The van der Waals surface area contributed by atoms with Crippen LogP contribution in [0, 0.1) is 11.8 Å². The Morgan fingerprint density at radius 2 is 1.17 bits per heavy atom. The Kier molecular flexibility index (Phi) is 2.73. The third-order valence-corrected chi connectivity index (χ3v) is 3.82. The Morgan fingerprint density at radius 1 is 0.667 bits per heavy atom. The first kappa shape index (κ1) is 8.59. The van der Waals surface area contributed by atoms with Crippen LogP contribution < -0.4 is 0 Å². The van der Waals surface area contributed by atoms with Gasteiger partial charge in [-0.25, -0.2) is 0 Å². The summed E-state index contributed by atoms with van der Waals surface area (Å²) in [5.41, 5.74) is 0.740. The number of hydrogen-bond donors (Lipinski definition) is 0. The predicted octanol–water partition coefficient (Wildman–Crippen LogP) is 4.11. The van der Waals surface area contributed by atoms with Gasteiger partial charge >= 0.3 is 0 Å². The van der Waals surface area contributed by atoms with E-state index in [-0.39, 0.29) is 0 Å². The standard InChI is InChI=1S/C12H21/c1-2-4-6-9-12(8-5-3-1)10-7-11-12/h10H,1-9,11H2. The molecule has 1 radical (unpaired) electrons. The van der Waals surface area contributed by atoms with Crippen LogP contribution in [0.4, 0.5) is 0 Å². The Labute approximate surface area is 76.7 Å². The van der Waals surface area contributed by atoms with E-state index in [4.69, 9.17) is 0 Å². The SMILES string of the molecule is [CH]1CCC12CCCCCCCC2. The van der Waals surface area contributed by atoms with E-state index in [0.717, 1.165) is 5.41 Å². The van der Waals surface area contributed by atoms with Gasteiger partial charge in [0.1, 0.15) is 0 Å². The zero-order valence-electron chi connectivity index (χ0n) is 8.15. The largest absolute Gasteiger partial charge is 0.0533 e. The van der Waals surface area contributed by atoms with E-state index >= 15 is 0 Å². The monoisotopic (exact) mass is 165 g/mol. The summed E-state index contributed by atoms with van der Waals surface area (Å²) in [4.78, 5) is 0. The van der Waals surface area contributed by atoms with Crippen LogP contribution in [0.3, 0.4) is 0 Å². The second kappa shape index (κ2) is 3.81. The lowest BCUT2D eigenvalue weighted by molar-refractivity contribution is 0.183. The van der Waals surface area contributed by atoms with Gasteiger partial charge in [-0.05, 0) is 37.5 Å². The van der Waals surface area contributed by atoms with Crippen molar-refractivity contribution < 1.29 is 0 Å². The van der Waals surface area contributed by atoms with Crippen molar-refractivity contribution in [2.24, 2.45) is 5.41 Å². The molecule has 0 N–H and O–H groups in total. The first-order valence-electron chi connectivity index (χ1n) is 5.76. The van der Waals surface area contributed by atoms with Crippen molar-refractivity contribution in [3.63, 3.8) is 0 Å². The maximum absolute atomic E-state index is 2.61. The first-order chi connectivity index (χ1) is 5.91. The van der Waals surface area contributed by atoms with E-state index in [9.17, 15) is 0 Å². The van der Waals surface area contributed by atoms with E-state index in [1.165, 1.54) is 64.2 Å². The molecule has 0 aromatic carbocycles. The highest BCUT2D eigenvalue weighted by Crippen LogP contribution is 2.48. The molecule has 2 aliphatic rings. The molecule has 2 aliphatic carbocycles. The van der Waals surface area contributed by atoms with Crippen molar-refractivity contribution in [2.45, 2.75) is 64.2 Å². The molecular formula is C12H21. The smallest absolute Gasteiger partial charge is 0.0266 e.